The predicted octanol–water partition coefficient (Wildman–Crippen LogP) is 15.7. The average molecular weight is 944 g/mol. The molecule has 1 heterocycles. The molecule has 0 unspecified atom stereocenters. The summed E-state index contributed by atoms with van der Waals surface area (Å²) in [6.45, 7) is 7.51. The van der Waals surface area contributed by atoms with Crippen molar-refractivity contribution in [2.24, 2.45) is 22.9 Å². The maximum atomic E-state index is 10.1. The van der Waals surface area contributed by atoms with Gasteiger partial charge in [0, 0.05) is 31.1 Å². The molecule has 0 saturated heterocycles. The highest BCUT2D eigenvalue weighted by Crippen LogP contribution is 2.63. The number of allylic oxidation sites excluding steroid dienone is 1. The first-order valence-corrected chi connectivity index (χ1v) is 27.7. The van der Waals surface area contributed by atoms with Gasteiger partial charge in [0.15, 0.2) is 0 Å². The average Bonchev–Trinajstić information content (AvgIpc) is 3.36. The number of nitrogens with zero attached hydrogens (tertiary/aromatic N) is 1. The van der Waals surface area contributed by atoms with Crippen molar-refractivity contribution < 1.29 is 29.3 Å². The molecule has 6 atom stereocenters. The molecule has 1 aliphatic heterocycles. The van der Waals surface area contributed by atoms with Crippen LogP contribution in [-0.2, 0) is 16.2 Å². The minimum absolute atomic E-state index is 0.00493. The van der Waals surface area contributed by atoms with Crippen LogP contribution in [0.4, 0.5) is 0 Å². The zero-order chi connectivity index (χ0) is 47.2. The number of benzene rings is 4. The Morgan fingerprint density at radius 2 is 1.37 bits per heavy atom. The van der Waals surface area contributed by atoms with Gasteiger partial charge < -0.3 is 29.3 Å². The molecule has 0 spiro atoms. The van der Waals surface area contributed by atoms with Crippen molar-refractivity contribution in [3.8, 4) is 17.2 Å². The first kappa shape index (κ1) is 51.8. The molecule has 4 aromatic rings. The quantitative estimate of drug-likeness (QED) is 0.0286. The van der Waals surface area contributed by atoms with Crippen molar-refractivity contribution in [1.29, 1.82) is 0 Å². The molecule has 0 radical (unpaired) electrons. The fraction of sp³-hybridized carbons (Fsp3) is 0.550. The number of thioether (sulfide) groups is 1. The molecule has 7 nitrogen and oxygen atoms in total. The SMILES string of the molecule is C=CCO[C@@]12Oc3ccc(Oc4ccc5ccccc5c4)cc3[C@H]3[C@H](CCCCO)[C@@H](CCCCO)C=C(C(=NOCc4ccccc4)C[C@@H]1SCCCCCCCCCCCCCCCC)[C@H]32. The molecule has 8 heteroatoms. The number of hydrogen-bond acceptors (Lipinski definition) is 8. The molecule has 0 amide bonds. The van der Waals surface area contributed by atoms with Crippen molar-refractivity contribution >= 4 is 28.2 Å². The summed E-state index contributed by atoms with van der Waals surface area (Å²) in [6.07, 6.45) is 29.0. The molecule has 2 N–H and O–H groups in total. The largest absolute Gasteiger partial charge is 0.460 e. The zero-order valence-electron chi connectivity index (χ0n) is 41.2. The number of fused-ring (bicyclic) bond motifs is 3. The minimum atomic E-state index is -0.983. The van der Waals surface area contributed by atoms with E-state index in [-0.39, 0.29) is 42.1 Å². The van der Waals surface area contributed by atoms with Crippen LogP contribution < -0.4 is 9.47 Å². The van der Waals surface area contributed by atoms with Crippen LogP contribution >= 0.6 is 11.8 Å². The van der Waals surface area contributed by atoms with Crippen LogP contribution in [0.25, 0.3) is 10.8 Å². The Morgan fingerprint density at radius 1 is 0.721 bits per heavy atom. The third-order valence-corrected chi connectivity index (χ3v) is 16.1. The van der Waals surface area contributed by atoms with Crippen LogP contribution in [0.15, 0.2) is 120 Å². The van der Waals surface area contributed by atoms with Crippen LogP contribution in [0.5, 0.6) is 17.2 Å². The van der Waals surface area contributed by atoms with Crippen molar-refractivity contribution in [1.82, 2.24) is 0 Å². The highest BCUT2D eigenvalue weighted by Gasteiger charge is 2.64. The Hall–Kier alpha value is -4.08. The number of hydrogen-bond donors (Lipinski definition) is 2. The van der Waals surface area contributed by atoms with Gasteiger partial charge in [-0.3, -0.25) is 0 Å². The Balaban J connectivity index is 1.18. The molecule has 3 aliphatic rings. The summed E-state index contributed by atoms with van der Waals surface area (Å²) >= 11 is 1.98. The monoisotopic (exact) mass is 944 g/mol. The number of unbranched alkanes of at least 4 members (excludes halogenated alkanes) is 15. The summed E-state index contributed by atoms with van der Waals surface area (Å²) in [5, 5.41) is 27.3. The third-order valence-electron chi connectivity index (χ3n) is 14.6. The fourth-order valence-corrected chi connectivity index (χ4v) is 12.6. The Labute approximate surface area is 413 Å². The number of aliphatic hydroxyl groups is 2. The van der Waals surface area contributed by atoms with E-state index < -0.39 is 5.79 Å². The van der Waals surface area contributed by atoms with Gasteiger partial charge in [-0.05, 0) is 102 Å². The Bertz CT molecular complexity index is 2170. The van der Waals surface area contributed by atoms with Crippen molar-refractivity contribution in [3.05, 3.63) is 126 Å². The molecular formula is C60H81NO6S. The van der Waals surface area contributed by atoms with Crippen molar-refractivity contribution in [3.63, 3.8) is 0 Å². The number of ether oxygens (including phenoxy) is 3. The van der Waals surface area contributed by atoms with E-state index in [1.165, 1.54) is 88.9 Å². The third kappa shape index (κ3) is 14.0. The number of aliphatic hydroxyl groups excluding tert-OH is 2. The summed E-state index contributed by atoms with van der Waals surface area (Å²) < 4.78 is 21.4. The van der Waals surface area contributed by atoms with Crippen LogP contribution in [-0.4, -0.2) is 52.5 Å². The molecule has 0 bridgehead atoms. The summed E-state index contributed by atoms with van der Waals surface area (Å²) in [4.78, 5) is 6.31. The maximum Gasteiger partial charge on any atom is 0.230 e. The van der Waals surface area contributed by atoms with Crippen molar-refractivity contribution in [2.75, 3.05) is 25.6 Å². The maximum absolute atomic E-state index is 10.1. The molecule has 2 aliphatic carbocycles. The van der Waals surface area contributed by atoms with Crippen LogP contribution in [0.3, 0.4) is 0 Å². The van der Waals surface area contributed by atoms with E-state index in [1.54, 1.807) is 0 Å². The molecule has 1 fully saturated rings. The topological polar surface area (TPSA) is 89.7 Å². The highest BCUT2D eigenvalue weighted by molar-refractivity contribution is 8.00. The van der Waals surface area contributed by atoms with Gasteiger partial charge in [-0.15, -0.1) is 6.58 Å². The van der Waals surface area contributed by atoms with E-state index in [1.807, 2.05) is 48.2 Å². The van der Waals surface area contributed by atoms with Crippen LogP contribution in [0.2, 0.25) is 0 Å². The molecule has 7 rings (SSSR count). The summed E-state index contributed by atoms with van der Waals surface area (Å²) in [6, 6.07) is 31.3. The van der Waals surface area contributed by atoms with Crippen molar-refractivity contribution in [2.45, 2.75) is 165 Å². The first-order valence-electron chi connectivity index (χ1n) is 26.6. The van der Waals surface area contributed by atoms with E-state index in [4.69, 9.17) is 24.2 Å². The minimum Gasteiger partial charge on any atom is -0.460 e. The van der Waals surface area contributed by atoms with E-state index in [9.17, 15) is 10.2 Å². The van der Waals surface area contributed by atoms with Gasteiger partial charge in [0.1, 0.15) is 23.9 Å². The first-order chi connectivity index (χ1) is 33.6. The molecule has 4 aromatic carbocycles. The van der Waals surface area contributed by atoms with Crippen LogP contribution in [0, 0.1) is 17.8 Å². The van der Waals surface area contributed by atoms with Gasteiger partial charge in [0.05, 0.1) is 23.5 Å². The summed E-state index contributed by atoms with van der Waals surface area (Å²) in [5.41, 5.74) is 4.33. The molecular weight excluding hydrogens is 863 g/mol. The van der Waals surface area contributed by atoms with E-state index in [0.717, 1.165) is 95.7 Å². The highest BCUT2D eigenvalue weighted by atomic mass is 32.2. The Morgan fingerprint density at radius 3 is 2.07 bits per heavy atom. The molecule has 368 valence electrons. The second-order valence-corrected chi connectivity index (χ2v) is 20.9. The van der Waals surface area contributed by atoms with E-state index >= 15 is 0 Å². The number of rotatable bonds is 32. The smallest absolute Gasteiger partial charge is 0.230 e. The zero-order valence-corrected chi connectivity index (χ0v) is 42.0. The molecule has 1 saturated carbocycles. The second-order valence-electron chi connectivity index (χ2n) is 19.6. The molecule has 0 aromatic heterocycles. The predicted molar refractivity (Wildman–Crippen MR) is 283 cm³/mol. The standard InChI is InChI=1S/C60H81NO6S/c1-3-5-6-7-8-9-10-11-12-13-14-15-16-26-40-68-57-44-55(61-65-45-46-27-18-17-19-28-46)53-42-49(31-22-24-37-62)52(32-23-25-38-63)58-54-43-51(66-50-34-33-47-29-20-21-30-48(47)41-50)35-36-56(54)67-60(57,59(53)58)64-39-4-2/h4,17-21,27-30,33-36,41-43,49,52,57-59,62-63H,2-3,5-16,22-26,31-32,37-40,44-45H2,1H3/t49-,52+,57-,58+,59+,60+/m0/s1. The van der Waals surface area contributed by atoms with Gasteiger partial charge in [-0.2, -0.15) is 11.8 Å². The lowest BCUT2D eigenvalue weighted by Crippen LogP contribution is -2.64. The van der Waals surface area contributed by atoms with Gasteiger partial charge >= 0.3 is 0 Å². The van der Waals surface area contributed by atoms with E-state index in [2.05, 4.69) is 80.2 Å². The normalized spacial score (nSPS) is 22.3. The second kappa shape index (κ2) is 27.9. The Kier molecular flexibility index (Phi) is 21.3. The van der Waals surface area contributed by atoms with Gasteiger partial charge in [-0.1, -0.05) is 181 Å². The lowest BCUT2D eigenvalue weighted by molar-refractivity contribution is -0.223. The molecule has 68 heavy (non-hydrogen) atoms. The number of oxime groups is 1. The fourth-order valence-electron chi connectivity index (χ4n) is 11.2. The summed E-state index contributed by atoms with van der Waals surface area (Å²) in [7, 11) is 0. The van der Waals surface area contributed by atoms with Gasteiger partial charge in [0.25, 0.3) is 0 Å². The van der Waals surface area contributed by atoms with E-state index in [0.29, 0.717) is 19.6 Å². The summed E-state index contributed by atoms with van der Waals surface area (Å²) in [5.74, 6) is 2.68. The van der Waals surface area contributed by atoms with Gasteiger partial charge in [-0.25, -0.2) is 0 Å². The lowest BCUT2D eigenvalue weighted by Gasteiger charge is -2.58. The lowest BCUT2D eigenvalue weighted by atomic mass is 9.56. The van der Waals surface area contributed by atoms with Gasteiger partial charge in [0.2, 0.25) is 5.79 Å². The van der Waals surface area contributed by atoms with Crippen LogP contribution in [0.1, 0.15) is 159 Å².